The van der Waals surface area contributed by atoms with Gasteiger partial charge in [-0.3, -0.25) is 4.79 Å². The van der Waals surface area contributed by atoms with Gasteiger partial charge < -0.3 is 14.2 Å². The van der Waals surface area contributed by atoms with Crippen LogP contribution >= 0.6 is 11.8 Å². The second kappa shape index (κ2) is 10.0. The smallest absolute Gasteiger partial charge is 0.237 e. The predicted octanol–water partition coefficient (Wildman–Crippen LogP) is 4.95. The fourth-order valence-corrected chi connectivity index (χ4v) is 4.96. The molecule has 31 heavy (non-hydrogen) atoms. The minimum atomic E-state index is 0.116. The van der Waals surface area contributed by atoms with Crippen molar-refractivity contribution in [1.82, 2.24) is 14.8 Å². The number of aromatic nitrogens is 3. The summed E-state index contributed by atoms with van der Waals surface area (Å²) in [6.07, 6.45) is 5.74. The summed E-state index contributed by atoms with van der Waals surface area (Å²) in [6, 6.07) is 18.0. The molecule has 1 aliphatic carbocycles. The first-order valence-corrected chi connectivity index (χ1v) is 11.7. The molecular weight excluding hydrogens is 408 g/mol. The Bertz CT molecular complexity index is 1020. The molecule has 7 heteroatoms. The molecule has 1 fully saturated rings. The molecule has 6 nitrogen and oxygen atoms in total. The molecule has 0 unspecified atom stereocenters. The first-order valence-electron chi connectivity index (χ1n) is 10.7. The standard InChI is InChI=1S/C24H28N4O2S/c1-27-23(20-15-9-10-16-21(20)30-2)25-26-24(27)31-17-22(29)28(18-11-5-3-6-12-18)19-13-7-4-8-14-19/h3,5-6,9-12,15-16,19H,4,7-8,13-14,17H2,1-2H3. The van der Waals surface area contributed by atoms with E-state index in [1.165, 1.54) is 31.0 Å². The molecule has 0 saturated heterocycles. The number of hydrogen-bond acceptors (Lipinski definition) is 5. The van der Waals surface area contributed by atoms with E-state index in [-0.39, 0.29) is 11.9 Å². The lowest BCUT2D eigenvalue weighted by atomic mass is 9.93. The number of thioether (sulfide) groups is 1. The molecule has 0 spiro atoms. The van der Waals surface area contributed by atoms with Gasteiger partial charge in [0.1, 0.15) is 5.75 Å². The maximum absolute atomic E-state index is 13.3. The SMILES string of the molecule is COc1ccccc1-c1nnc(SCC(=O)N(c2ccccc2)C2CCCCC2)n1C. The van der Waals surface area contributed by atoms with Crippen LogP contribution in [0.2, 0.25) is 0 Å². The van der Waals surface area contributed by atoms with Gasteiger partial charge in [-0.05, 0) is 37.1 Å². The largest absolute Gasteiger partial charge is 0.496 e. The number of methoxy groups -OCH3 is 1. The van der Waals surface area contributed by atoms with Crippen molar-refractivity contribution in [3.05, 3.63) is 54.6 Å². The van der Waals surface area contributed by atoms with Gasteiger partial charge in [-0.2, -0.15) is 0 Å². The van der Waals surface area contributed by atoms with Crippen molar-refractivity contribution >= 4 is 23.4 Å². The molecule has 0 atom stereocenters. The number of para-hydroxylation sites is 2. The van der Waals surface area contributed by atoms with E-state index >= 15 is 0 Å². The quantitative estimate of drug-likeness (QED) is 0.491. The molecule has 2 aromatic carbocycles. The summed E-state index contributed by atoms with van der Waals surface area (Å²) < 4.78 is 7.38. The van der Waals surface area contributed by atoms with Crippen molar-refractivity contribution in [2.45, 2.75) is 43.3 Å². The molecule has 1 aliphatic rings. The zero-order valence-corrected chi connectivity index (χ0v) is 18.8. The van der Waals surface area contributed by atoms with Crippen LogP contribution in [0.25, 0.3) is 11.4 Å². The normalized spacial score (nSPS) is 14.4. The van der Waals surface area contributed by atoms with E-state index in [2.05, 4.69) is 10.2 Å². The van der Waals surface area contributed by atoms with Crippen LogP contribution in [0.5, 0.6) is 5.75 Å². The molecule has 162 valence electrons. The predicted molar refractivity (Wildman–Crippen MR) is 125 cm³/mol. The number of rotatable bonds is 7. The number of amides is 1. The Labute approximate surface area is 187 Å². The van der Waals surface area contributed by atoms with Crippen molar-refractivity contribution < 1.29 is 9.53 Å². The second-order valence-electron chi connectivity index (χ2n) is 7.75. The molecule has 3 aromatic rings. The summed E-state index contributed by atoms with van der Waals surface area (Å²) in [5, 5.41) is 9.40. The van der Waals surface area contributed by atoms with Gasteiger partial charge in [-0.1, -0.05) is 61.4 Å². The van der Waals surface area contributed by atoms with E-state index in [4.69, 9.17) is 4.74 Å². The lowest BCUT2D eigenvalue weighted by Crippen LogP contribution is -2.42. The number of ether oxygens (including phenoxy) is 1. The van der Waals surface area contributed by atoms with Crippen molar-refractivity contribution in [2.24, 2.45) is 7.05 Å². The molecule has 0 N–H and O–H groups in total. The highest BCUT2D eigenvalue weighted by Crippen LogP contribution is 2.31. The highest BCUT2D eigenvalue weighted by molar-refractivity contribution is 7.99. The van der Waals surface area contributed by atoms with Crippen LogP contribution in [-0.4, -0.2) is 39.6 Å². The molecule has 0 radical (unpaired) electrons. The van der Waals surface area contributed by atoms with Gasteiger partial charge in [-0.25, -0.2) is 0 Å². The molecule has 4 rings (SSSR count). The molecule has 1 amide bonds. The van der Waals surface area contributed by atoms with Crippen LogP contribution in [0.3, 0.4) is 0 Å². The van der Waals surface area contributed by atoms with Gasteiger partial charge in [-0.15, -0.1) is 10.2 Å². The number of anilines is 1. The Morgan fingerprint density at radius 1 is 1.06 bits per heavy atom. The Hall–Kier alpha value is -2.80. The van der Waals surface area contributed by atoms with E-state index in [1.807, 2.05) is 71.1 Å². The summed E-state index contributed by atoms with van der Waals surface area (Å²) in [5.41, 5.74) is 1.86. The van der Waals surface area contributed by atoms with E-state index < -0.39 is 0 Å². The first kappa shape index (κ1) is 21.4. The maximum atomic E-state index is 13.3. The van der Waals surface area contributed by atoms with Gasteiger partial charge in [0, 0.05) is 18.8 Å². The van der Waals surface area contributed by atoms with Crippen LogP contribution in [0.15, 0.2) is 59.8 Å². The minimum Gasteiger partial charge on any atom is -0.496 e. The van der Waals surface area contributed by atoms with Gasteiger partial charge in [0.15, 0.2) is 11.0 Å². The molecule has 1 saturated carbocycles. The zero-order valence-electron chi connectivity index (χ0n) is 18.0. The molecule has 0 aliphatic heterocycles. The van der Waals surface area contributed by atoms with Crippen LogP contribution in [0.4, 0.5) is 5.69 Å². The van der Waals surface area contributed by atoms with Crippen LogP contribution < -0.4 is 9.64 Å². The molecule has 1 heterocycles. The van der Waals surface area contributed by atoms with E-state index in [0.717, 1.165) is 35.7 Å². The summed E-state index contributed by atoms with van der Waals surface area (Å²) in [5.74, 6) is 1.91. The minimum absolute atomic E-state index is 0.116. The van der Waals surface area contributed by atoms with E-state index in [0.29, 0.717) is 10.9 Å². The number of carbonyl (C=O) groups excluding carboxylic acids is 1. The summed E-state index contributed by atoms with van der Waals surface area (Å²) in [7, 11) is 3.57. The summed E-state index contributed by atoms with van der Waals surface area (Å²) >= 11 is 1.43. The lowest BCUT2D eigenvalue weighted by molar-refractivity contribution is -0.116. The Balaban J connectivity index is 1.51. The third-order valence-corrected chi connectivity index (χ3v) is 6.76. The van der Waals surface area contributed by atoms with Crippen LogP contribution in [0, 0.1) is 0 Å². The van der Waals surface area contributed by atoms with Crippen molar-refractivity contribution in [3.8, 4) is 17.1 Å². The Morgan fingerprint density at radius 2 is 1.77 bits per heavy atom. The van der Waals surface area contributed by atoms with Crippen LogP contribution in [0.1, 0.15) is 32.1 Å². The Morgan fingerprint density at radius 3 is 2.52 bits per heavy atom. The van der Waals surface area contributed by atoms with Gasteiger partial charge in [0.25, 0.3) is 0 Å². The average Bonchev–Trinajstić information content (AvgIpc) is 3.19. The monoisotopic (exact) mass is 436 g/mol. The van der Waals surface area contributed by atoms with Crippen molar-refractivity contribution in [2.75, 3.05) is 17.8 Å². The fraction of sp³-hybridized carbons (Fsp3) is 0.375. The van der Waals surface area contributed by atoms with Gasteiger partial charge in [0.05, 0.1) is 18.4 Å². The average molecular weight is 437 g/mol. The van der Waals surface area contributed by atoms with Crippen LogP contribution in [-0.2, 0) is 11.8 Å². The first-order chi connectivity index (χ1) is 15.2. The van der Waals surface area contributed by atoms with Gasteiger partial charge >= 0.3 is 0 Å². The number of carbonyl (C=O) groups is 1. The zero-order chi connectivity index (χ0) is 21.6. The van der Waals surface area contributed by atoms with Crippen molar-refractivity contribution in [1.29, 1.82) is 0 Å². The highest BCUT2D eigenvalue weighted by atomic mass is 32.2. The second-order valence-corrected chi connectivity index (χ2v) is 8.69. The van der Waals surface area contributed by atoms with E-state index in [9.17, 15) is 4.79 Å². The summed E-state index contributed by atoms with van der Waals surface area (Å²) in [4.78, 5) is 15.3. The highest BCUT2D eigenvalue weighted by Gasteiger charge is 2.27. The Kier molecular flexibility index (Phi) is 6.92. The number of benzene rings is 2. The van der Waals surface area contributed by atoms with Gasteiger partial charge in [0.2, 0.25) is 5.91 Å². The fourth-order valence-electron chi connectivity index (χ4n) is 4.19. The lowest BCUT2D eigenvalue weighted by Gasteiger charge is -2.34. The summed E-state index contributed by atoms with van der Waals surface area (Å²) in [6.45, 7) is 0. The van der Waals surface area contributed by atoms with Crippen molar-refractivity contribution in [3.63, 3.8) is 0 Å². The molecular formula is C24H28N4O2S. The third-order valence-electron chi connectivity index (χ3n) is 5.75. The third kappa shape index (κ3) is 4.77. The number of hydrogen-bond donors (Lipinski definition) is 0. The maximum Gasteiger partial charge on any atom is 0.237 e. The topological polar surface area (TPSA) is 60.3 Å². The molecule has 1 aromatic heterocycles. The van der Waals surface area contributed by atoms with E-state index in [1.54, 1.807) is 7.11 Å². The number of nitrogens with zero attached hydrogens (tertiary/aromatic N) is 4. The molecule has 0 bridgehead atoms.